The molecule has 0 unspecified atom stereocenters. The van der Waals surface area contributed by atoms with Gasteiger partial charge in [0.2, 0.25) is 0 Å². The van der Waals surface area contributed by atoms with Gasteiger partial charge in [-0.2, -0.15) is 7.82 Å². The molecule has 0 bridgehead atoms. The Morgan fingerprint density at radius 1 is 1.14 bits per heavy atom. The molecule has 0 rings (SSSR count). The van der Waals surface area contributed by atoms with Crippen LogP contribution in [0.2, 0.25) is 0 Å². The number of hydrogen-bond acceptors (Lipinski definition) is 4. The van der Waals surface area contributed by atoms with Crippen LogP contribution in [-0.2, 0) is 26.3 Å². The summed E-state index contributed by atoms with van der Waals surface area (Å²) in [5.41, 5.74) is 0. The summed E-state index contributed by atoms with van der Waals surface area (Å²) < 4.78 is 8.55. The average molecular weight is 162 g/mol. The molecule has 4 nitrogen and oxygen atoms in total. The van der Waals surface area contributed by atoms with Gasteiger partial charge in [-0.25, -0.2) is 0 Å². The first kappa shape index (κ1) is 15.7. The second-order valence-electron chi connectivity index (χ2n) is 0.447. The second-order valence-corrected chi connectivity index (χ2v) is 1.34. The van der Waals surface area contributed by atoms with Crippen LogP contribution in [0.5, 0.6) is 0 Å². The maximum Gasteiger partial charge on any atom is 4.00 e. The van der Waals surface area contributed by atoms with Crippen molar-refractivity contribution in [3.05, 3.63) is 0 Å². The molecule has 0 spiro atoms. The Morgan fingerprint density at radius 2 is 1.14 bits per heavy atom. The normalized spacial score (nSPS) is 8.43. The van der Waals surface area contributed by atoms with Crippen LogP contribution in [0.4, 0.5) is 0 Å². The van der Waals surface area contributed by atoms with E-state index in [9.17, 15) is 0 Å². The molecule has 7 heavy (non-hydrogen) atoms. The molecular weight excluding hydrogens is 162 g/mol. The van der Waals surface area contributed by atoms with Crippen molar-refractivity contribution in [2.45, 2.75) is 0 Å². The van der Waals surface area contributed by atoms with Gasteiger partial charge in [-0.05, 0) is 0 Å². The standard InChI is InChI=1S/FH.H3O4P.Ti/c;1-5(2,3)4;/h1H;(H3,1,2,3,4);/q;;+4/p-4. The zero-order chi connectivity index (χ0) is 4.50. The molecule has 0 aliphatic carbocycles. The molecule has 40 valence electrons. The largest absolute Gasteiger partial charge is 4.00 e. The van der Waals surface area contributed by atoms with E-state index in [2.05, 4.69) is 0 Å². The van der Waals surface area contributed by atoms with Crippen molar-refractivity contribution in [3.63, 3.8) is 0 Å². The fraction of sp³-hybridized carbons (Fsp3) is 0. The molecular formula is FO4PTi. The molecule has 0 aliphatic heterocycles. The number of rotatable bonds is 0. The van der Waals surface area contributed by atoms with Crippen molar-refractivity contribution < 1.29 is 45.7 Å². The van der Waals surface area contributed by atoms with E-state index in [1.165, 1.54) is 0 Å². The summed E-state index contributed by atoms with van der Waals surface area (Å²) in [6.45, 7) is 0. The minimum atomic E-state index is -5.39. The maximum atomic E-state index is 8.55. The van der Waals surface area contributed by atoms with E-state index in [1.807, 2.05) is 0 Å². The van der Waals surface area contributed by atoms with Gasteiger partial charge in [0.15, 0.2) is 0 Å². The Kier molecular flexibility index (Phi) is 11.0. The van der Waals surface area contributed by atoms with Crippen LogP contribution < -0.4 is 19.4 Å². The van der Waals surface area contributed by atoms with E-state index in [0.29, 0.717) is 0 Å². The summed E-state index contributed by atoms with van der Waals surface area (Å²) in [5, 5.41) is 0. The molecule has 0 aromatic carbocycles. The summed E-state index contributed by atoms with van der Waals surface area (Å²) in [7, 11) is -5.39. The zero-order valence-electron chi connectivity index (χ0n) is 2.96. The number of hydrogen-bond donors (Lipinski definition) is 0. The smallest absolute Gasteiger partial charge is 1.00 e. The molecule has 7 heteroatoms. The molecule has 0 aromatic rings. The number of halogens is 1. The minimum absolute atomic E-state index is 0. The van der Waals surface area contributed by atoms with Crippen LogP contribution in [0.15, 0.2) is 0 Å². The Hall–Kier alpha value is 0.754. The van der Waals surface area contributed by atoms with Crippen molar-refractivity contribution >= 4 is 7.82 Å². The minimum Gasteiger partial charge on any atom is -1.00 e. The molecule has 0 aromatic heterocycles. The zero-order valence-corrected chi connectivity index (χ0v) is 5.41. The molecule has 0 fully saturated rings. The molecule has 0 saturated carbocycles. The van der Waals surface area contributed by atoms with E-state index in [4.69, 9.17) is 19.2 Å². The van der Waals surface area contributed by atoms with Crippen molar-refractivity contribution in [2.75, 3.05) is 0 Å². The van der Waals surface area contributed by atoms with Crippen LogP contribution in [0, 0.1) is 0 Å². The Labute approximate surface area is 54.0 Å². The van der Waals surface area contributed by atoms with Crippen LogP contribution in [0.1, 0.15) is 0 Å². The van der Waals surface area contributed by atoms with Crippen molar-refractivity contribution in [3.8, 4) is 0 Å². The topological polar surface area (TPSA) is 86.2 Å². The van der Waals surface area contributed by atoms with Crippen molar-refractivity contribution in [2.24, 2.45) is 0 Å². The third-order valence-corrected chi connectivity index (χ3v) is 0. The van der Waals surface area contributed by atoms with E-state index >= 15 is 0 Å². The first-order valence-electron chi connectivity index (χ1n) is 0.730. The molecule has 0 radical (unpaired) electrons. The Morgan fingerprint density at radius 3 is 1.14 bits per heavy atom. The van der Waals surface area contributed by atoms with E-state index in [0.717, 1.165) is 0 Å². The summed E-state index contributed by atoms with van der Waals surface area (Å²) in [6.07, 6.45) is 0. The monoisotopic (exact) mass is 162 g/mol. The average Bonchev–Trinajstić information content (AvgIpc) is 0.722. The second kappa shape index (κ2) is 4.90. The SMILES string of the molecule is O=P([O-])([O-])[O-].[F-].[Ti+4]. The van der Waals surface area contributed by atoms with Gasteiger partial charge in [-0.1, -0.05) is 0 Å². The summed E-state index contributed by atoms with van der Waals surface area (Å²) >= 11 is 0. The molecule has 0 N–H and O–H groups in total. The molecule has 0 aliphatic rings. The van der Waals surface area contributed by atoms with Gasteiger partial charge >= 0.3 is 21.7 Å². The van der Waals surface area contributed by atoms with Gasteiger partial charge in [0.1, 0.15) is 0 Å². The van der Waals surface area contributed by atoms with Crippen LogP contribution in [-0.4, -0.2) is 0 Å². The third kappa shape index (κ3) is 268. The number of phosphoric acid groups is 1. The fourth-order valence-corrected chi connectivity index (χ4v) is 0. The van der Waals surface area contributed by atoms with E-state index in [-0.39, 0.29) is 26.4 Å². The summed E-state index contributed by atoms with van der Waals surface area (Å²) in [6, 6.07) is 0. The van der Waals surface area contributed by atoms with Crippen LogP contribution in [0.3, 0.4) is 0 Å². The molecule has 0 amide bonds. The van der Waals surface area contributed by atoms with E-state index in [1.54, 1.807) is 0 Å². The summed E-state index contributed by atoms with van der Waals surface area (Å²) in [5.74, 6) is 0. The quantitative estimate of drug-likeness (QED) is 0.262. The molecule has 0 atom stereocenters. The van der Waals surface area contributed by atoms with Crippen LogP contribution in [0.25, 0.3) is 0 Å². The molecule has 0 saturated heterocycles. The van der Waals surface area contributed by atoms with Gasteiger partial charge in [0.05, 0.1) is 0 Å². The Bertz CT molecular complexity index is 57.8. The predicted molar refractivity (Wildman–Crippen MR) is 7.61 cm³/mol. The van der Waals surface area contributed by atoms with Gasteiger partial charge < -0.3 is 23.9 Å². The van der Waals surface area contributed by atoms with Gasteiger partial charge in [0, 0.05) is 0 Å². The van der Waals surface area contributed by atoms with E-state index < -0.39 is 7.82 Å². The maximum absolute atomic E-state index is 8.55. The van der Waals surface area contributed by atoms with Gasteiger partial charge in [0.25, 0.3) is 0 Å². The summed E-state index contributed by atoms with van der Waals surface area (Å²) in [4.78, 5) is 25.6. The Balaban J connectivity index is -0.0000000800. The first-order chi connectivity index (χ1) is 2.00. The van der Waals surface area contributed by atoms with Crippen LogP contribution >= 0.6 is 7.82 Å². The first-order valence-corrected chi connectivity index (χ1v) is 2.19. The van der Waals surface area contributed by atoms with Crippen molar-refractivity contribution in [1.82, 2.24) is 0 Å². The van der Waals surface area contributed by atoms with Crippen molar-refractivity contribution in [1.29, 1.82) is 0 Å². The third-order valence-electron chi connectivity index (χ3n) is 0. The van der Waals surface area contributed by atoms with Gasteiger partial charge in [-0.15, -0.1) is 0 Å². The molecule has 0 heterocycles. The van der Waals surface area contributed by atoms with Gasteiger partial charge in [-0.3, -0.25) is 0 Å². The fourth-order valence-electron chi connectivity index (χ4n) is 0. The predicted octanol–water partition coefficient (Wildman–Crippen LogP) is -5.82.